The summed E-state index contributed by atoms with van der Waals surface area (Å²) in [5.41, 5.74) is 2.22. The minimum Gasteiger partial charge on any atom is -0.381 e. The van der Waals surface area contributed by atoms with Crippen molar-refractivity contribution in [2.75, 3.05) is 44.4 Å². The van der Waals surface area contributed by atoms with Gasteiger partial charge in [-0.1, -0.05) is 26.2 Å². The Kier molecular flexibility index (Phi) is 7.74. The number of rotatable bonds is 8. The van der Waals surface area contributed by atoms with Crippen molar-refractivity contribution in [3.8, 4) is 0 Å². The van der Waals surface area contributed by atoms with Crippen LogP contribution < -0.4 is 4.90 Å². The van der Waals surface area contributed by atoms with Gasteiger partial charge >= 0.3 is 0 Å². The van der Waals surface area contributed by atoms with Gasteiger partial charge in [0.05, 0.1) is 5.39 Å². The fraction of sp³-hybridized carbons (Fsp3) is 0.640. The first-order valence-electron chi connectivity index (χ1n) is 12.5. The lowest BCUT2D eigenvalue weighted by Gasteiger charge is -2.40. The van der Waals surface area contributed by atoms with E-state index in [1.165, 1.54) is 11.6 Å². The van der Waals surface area contributed by atoms with Gasteiger partial charge in [-0.2, -0.15) is 0 Å². The van der Waals surface area contributed by atoms with Crippen LogP contribution in [-0.2, 0) is 21.0 Å². The predicted molar refractivity (Wildman–Crippen MR) is 138 cm³/mol. The highest BCUT2D eigenvalue weighted by Gasteiger charge is 2.30. The van der Waals surface area contributed by atoms with Gasteiger partial charge in [-0.3, -0.25) is 4.79 Å². The second kappa shape index (κ2) is 10.6. The molecule has 2 saturated heterocycles. The number of anilines is 1. The van der Waals surface area contributed by atoms with E-state index in [1.807, 2.05) is 4.90 Å². The van der Waals surface area contributed by atoms with E-state index >= 15 is 0 Å². The molecule has 4 rings (SSSR count). The lowest BCUT2D eigenvalue weighted by atomic mass is 9.92. The molecule has 34 heavy (non-hydrogen) atoms. The molecule has 0 spiro atoms. The number of carbonyl (C=O) groups excluding carboxylic acids is 1. The zero-order valence-corrected chi connectivity index (χ0v) is 22.1. The van der Waals surface area contributed by atoms with E-state index in [9.17, 15) is 4.79 Å². The second-order valence-corrected chi connectivity index (χ2v) is 16.3. The smallest absolute Gasteiger partial charge is 0.246 e. The summed E-state index contributed by atoms with van der Waals surface area (Å²) in [6.07, 6.45) is 7.30. The first-order chi connectivity index (χ1) is 16.3. The van der Waals surface area contributed by atoms with Crippen LogP contribution in [0.15, 0.2) is 25.2 Å². The molecule has 0 radical (unpaired) electrons. The summed E-state index contributed by atoms with van der Waals surface area (Å²) in [7, 11) is -1.14. The lowest BCUT2D eigenvalue weighted by Crippen LogP contribution is -2.54. The maximum Gasteiger partial charge on any atom is 0.246 e. The average molecular weight is 486 g/mol. The molecule has 2 fully saturated rings. The van der Waals surface area contributed by atoms with Gasteiger partial charge in [0.1, 0.15) is 24.5 Å². The molecule has 2 aromatic heterocycles. The number of hydrogen-bond acceptors (Lipinski definition) is 6. The summed E-state index contributed by atoms with van der Waals surface area (Å²) in [5.74, 6) is 1.37. The first-order valence-corrected chi connectivity index (χ1v) is 16.2. The van der Waals surface area contributed by atoms with Crippen LogP contribution in [0.5, 0.6) is 0 Å². The number of piperazine rings is 1. The van der Waals surface area contributed by atoms with Crippen LogP contribution in [0.25, 0.3) is 11.0 Å². The lowest BCUT2D eigenvalue weighted by molar-refractivity contribution is -0.128. The number of hydrogen-bond donors (Lipinski definition) is 0. The van der Waals surface area contributed by atoms with Crippen LogP contribution in [0, 0.1) is 0 Å². The first kappa shape index (κ1) is 24.9. The van der Waals surface area contributed by atoms with E-state index in [1.54, 1.807) is 6.33 Å². The van der Waals surface area contributed by atoms with E-state index in [4.69, 9.17) is 19.4 Å². The highest BCUT2D eigenvalue weighted by molar-refractivity contribution is 6.76. The third kappa shape index (κ3) is 5.53. The molecule has 0 saturated carbocycles. The molecule has 0 bridgehead atoms. The van der Waals surface area contributed by atoms with Crippen molar-refractivity contribution in [2.45, 2.75) is 64.1 Å². The predicted octanol–water partition coefficient (Wildman–Crippen LogP) is 3.86. The fourth-order valence-corrected chi connectivity index (χ4v) is 5.69. The number of nitrogens with zero attached hydrogens (tertiary/aromatic N) is 5. The largest absolute Gasteiger partial charge is 0.381 e. The highest BCUT2D eigenvalue weighted by atomic mass is 28.3. The Morgan fingerprint density at radius 3 is 2.71 bits per heavy atom. The van der Waals surface area contributed by atoms with Crippen LogP contribution in [0.2, 0.25) is 25.7 Å². The Hall–Kier alpha value is -2.23. The minimum atomic E-state index is -1.14. The van der Waals surface area contributed by atoms with Crippen LogP contribution in [0.3, 0.4) is 0 Å². The molecule has 1 amide bonds. The zero-order valence-electron chi connectivity index (χ0n) is 21.1. The van der Waals surface area contributed by atoms with Crippen molar-refractivity contribution in [1.82, 2.24) is 19.4 Å². The molecule has 2 aliphatic rings. The molecular formula is C25H39N5O3Si. The second-order valence-electron chi connectivity index (χ2n) is 10.7. The Balaban J connectivity index is 1.64. The highest BCUT2D eigenvalue weighted by Crippen LogP contribution is 2.38. The van der Waals surface area contributed by atoms with E-state index < -0.39 is 8.07 Å². The quantitative estimate of drug-likeness (QED) is 0.321. The Labute approximate surface area is 203 Å². The number of ether oxygens (including phenoxy) is 2. The molecule has 2 aliphatic heterocycles. The Morgan fingerprint density at radius 2 is 2.03 bits per heavy atom. The summed E-state index contributed by atoms with van der Waals surface area (Å²) in [5, 5.41) is 1.12. The maximum absolute atomic E-state index is 12.2. The minimum absolute atomic E-state index is 0.00972. The number of fused-ring (bicyclic) bond motifs is 1. The van der Waals surface area contributed by atoms with Gasteiger partial charge in [0, 0.05) is 59.8 Å². The molecule has 0 aliphatic carbocycles. The third-order valence-corrected chi connectivity index (χ3v) is 8.64. The van der Waals surface area contributed by atoms with Crippen molar-refractivity contribution >= 4 is 30.8 Å². The van der Waals surface area contributed by atoms with Gasteiger partial charge < -0.3 is 23.8 Å². The number of carbonyl (C=O) groups is 1. The number of aromatic nitrogens is 3. The van der Waals surface area contributed by atoms with Crippen molar-refractivity contribution in [3.05, 3.63) is 30.7 Å². The Morgan fingerprint density at radius 1 is 1.26 bits per heavy atom. The topological polar surface area (TPSA) is 72.7 Å². The standard InChI is InChI=1S/C25H39N5O3Si/c1-6-22(31)30-10-9-28(15-19(30)2)24-23-21(20-7-11-32-12-8-20)16-29(25(23)27-17-26-24)18-33-13-14-34(3,4)5/h6,16-17,19-20H,1,7-15,18H2,2-5H3/t19-/m1/s1. The molecule has 4 heterocycles. The van der Waals surface area contributed by atoms with Crippen molar-refractivity contribution in [2.24, 2.45) is 0 Å². The van der Waals surface area contributed by atoms with Crippen molar-refractivity contribution in [1.29, 1.82) is 0 Å². The van der Waals surface area contributed by atoms with Crippen molar-refractivity contribution in [3.63, 3.8) is 0 Å². The van der Waals surface area contributed by atoms with Crippen LogP contribution >= 0.6 is 0 Å². The van der Waals surface area contributed by atoms with E-state index in [2.05, 4.69) is 48.8 Å². The summed E-state index contributed by atoms with van der Waals surface area (Å²) in [4.78, 5) is 25.9. The van der Waals surface area contributed by atoms with Crippen LogP contribution in [0.4, 0.5) is 5.82 Å². The molecule has 1 atom stereocenters. The van der Waals surface area contributed by atoms with Gasteiger partial charge in [0.2, 0.25) is 5.91 Å². The molecule has 0 N–H and O–H groups in total. The Bertz CT molecular complexity index is 1010. The molecule has 8 nitrogen and oxygen atoms in total. The average Bonchev–Trinajstić information content (AvgIpc) is 3.20. The summed E-state index contributed by atoms with van der Waals surface area (Å²) < 4.78 is 13.9. The molecule has 0 unspecified atom stereocenters. The van der Waals surface area contributed by atoms with Gasteiger partial charge in [-0.25, -0.2) is 9.97 Å². The van der Waals surface area contributed by atoms with E-state index in [0.29, 0.717) is 19.2 Å². The zero-order chi connectivity index (χ0) is 24.3. The van der Waals surface area contributed by atoms with Gasteiger partial charge in [0.15, 0.2) is 0 Å². The van der Waals surface area contributed by atoms with Gasteiger partial charge in [-0.05, 0) is 43.4 Å². The van der Waals surface area contributed by atoms with E-state index in [-0.39, 0.29) is 11.9 Å². The maximum atomic E-state index is 12.2. The third-order valence-electron chi connectivity index (χ3n) is 6.94. The van der Waals surface area contributed by atoms with Crippen LogP contribution in [-0.4, -0.2) is 78.9 Å². The van der Waals surface area contributed by atoms with Gasteiger partial charge in [0.25, 0.3) is 0 Å². The summed E-state index contributed by atoms with van der Waals surface area (Å²) >= 11 is 0. The molecule has 186 valence electrons. The monoisotopic (exact) mass is 485 g/mol. The van der Waals surface area contributed by atoms with Gasteiger partial charge in [-0.15, -0.1) is 0 Å². The molecular weight excluding hydrogens is 446 g/mol. The fourth-order valence-electron chi connectivity index (χ4n) is 4.93. The molecule has 0 aromatic carbocycles. The number of amides is 1. The normalized spacial score (nSPS) is 20.2. The van der Waals surface area contributed by atoms with E-state index in [0.717, 1.165) is 68.6 Å². The summed E-state index contributed by atoms with van der Waals surface area (Å²) in [6, 6.07) is 1.23. The molecule has 2 aromatic rings. The molecule has 9 heteroatoms. The SMILES string of the molecule is C=CC(=O)N1CCN(c2ncnc3c2c(C2CCOCC2)cn3COCC[Si](C)(C)C)C[C@H]1C. The summed E-state index contributed by atoms with van der Waals surface area (Å²) in [6.45, 7) is 17.8. The van der Waals surface area contributed by atoms with Crippen LogP contribution in [0.1, 0.15) is 31.2 Å². The van der Waals surface area contributed by atoms with Crippen molar-refractivity contribution < 1.29 is 14.3 Å².